The number of amides is 3. The fourth-order valence-electron chi connectivity index (χ4n) is 5.72. The number of rotatable bonds is 4. The van der Waals surface area contributed by atoms with E-state index in [-0.39, 0.29) is 30.0 Å². The Morgan fingerprint density at radius 2 is 1.94 bits per heavy atom. The third kappa shape index (κ3) is 3.76. The number of hydrogen-bond acceptors (Lipinski definition) is 7. The van der Waals surface area contributed by atoms with E-state index in [0.717, 1.165) is 37.1 Å². The van der Waals surface area contributed by atoms with Gasteiger partial charge in [0.1, 0.15) is 6.04 Å². The number of piperidine rings is 2. The lowest BCUT2D eigenvalue weighted by Gasteiger charge is -2.42. The smallest absolute Gasteiger partial charge is 0.255 e. The Balaban J connectivity index is 1.30. The van der Waals surface area contributed by atoms with Gasteiger partial charge in [-0.15, -0.1) is 0 Å². The minimum Gasteiger partial charge on any atom is -0.322 e. The summed E-state index contributed by atoms with van der Waals surface area (Å²) in [4.78, 5) is 38.1. The molecular weight excluding hydrogens is 446 g/mol. The van der Waals surface area contributed by atoms with Crippen molar-refractivity contribution >= 4 is 27.7 Å². The van der Waals surface area contributed by atoms with Gasteiger partial charge in [0, 0.05) is 38.2 Å². The lowest BCUT2D eigenvalue weighted by atomic mass is 9.82. The van der Waals surface area contributed by atoms with Crippen LogP contribution in [0.1, 0.15) is 47.2 Å². The highest BCUT2D eigenvalue weighted by atomic mass is 32.2. The van der Waals surface area contributed by atoms with Crippen LogP contribution in [0.5, 0.6) is 0 Å². The summed E-state index contributed by atoms with van der Waals surface area (Å²) >= 11 is 0. The van der Waals surface area contributed by atoms with E-state index in [1.807, 2.05) is 12.1 Å². The van der Waals surface area contributed by atoms with Crippen molar-refractivity contribution in [3.63, 3.8) is 0 Å². The Labute approximate surface area is 193 Å². The van der Waals surface area contributed by atoms with Gasteiger partial charge in [-0.2, -0.15) is 4.31 Å². The van der Waals surface area contributed by atoms with Crippen LogP contribution in [0, 0.1) is 0 Å². The van der Waals surface area contributed by atoms with Gasteiger partial charge < -0.3 is 15.5 Å². The standard InChI is InChI=1S/C22H29N5O5S/c1-26-22(6-8-23-9-7-22)18(13-33(26,31)32)24-11-14-2-3-16-15(10-14)12-27(21(16)30)17-4-5-19(28)25-20(17)29/h2-3,10,17-18,23-24H,4-9,11-13H2,1H3,(H,25,28,29). The molecule has 0 aromatic heterocycles. The minimum atomic E-state index is -3.30. The van der Waals surface area contributed by atoms with Crippen LogP contribution in [0.4, 0.5) is 0 Å². The molecule has 11 heteroatoms. The summed E-state index contributed by atoms with van der Waals surface area (Å²) < 4.78 is 26.9. The number of benzene rings is 1. The van der Waals surface area contributed by atoms with E-state index in [9.17, 15) is 22.8 Å². The van der Waals surface area contributed by atoms with Gasteiger partial charge in [-0.3, -0.25) is 19.7 Å². The largest absolute Gasteiger partial charge is 0.322 e. The molecule has 10 nitrogen and oxygen atoms in total. The molecule has 0 saturated carbocycles. The second kappa shape index (κ2) is 8.15. The van der Waals surface area contributed by atoms with Crippen LogP contribution < -0.4 is 16.0 Å². The monoisotopic (exact) mass is 475 g/mol. The first-order chi connectivity index (χ1) is 15.7. The summed E-state index contributed by atoms with van der Waals surface area (Å²) in [6.07, 6.45) is 2.08. The van der Waals surface area contributed by atoms with Crippen LogP contribution in [-0.4, -0.2) is 78.9 Å². The maximum atomic E-state index is 12.9. The van der Waals surface area contributed by atoms with Crippen molar-refractivity contribution in [2.75, 3.05) is 25.9 Å². The molecule has 3 fully saturated rings. The summed E-state index contributed by atoms with van der Waals surface area (Å²) in [7, 11) is -1.61. The molecule has 33 heavy (non-hydrogen) atoms. The van der Waals surface area contributed by atoms with Gasteiger partial charge in [0.05, 0.1) is 11.3 Å². The second-order valence-corrected chi connectivity index (χ2v) is 11.5. The maximum Gasteiger partial charge on any atom is 0.255 e. The van der Waals surface area contributed by atoms with Crippen molar-refractivity contribution in [1.29, 1.82) is 0 Å². The first kappa shape index (κ1) is 22.5. The molecular formula is C22H29N5O5S. The zero-order chi connectivity index (χ0) is 23.4. The van der Waals surface area contributed by atoms with Gasteiger partial charge in [-0.25, -0.2) is 8.42 Å². The zero-order valence-electron chi connectivity index (χ0n) is 18.6. The average molecular weight is 476 g/mol. The van der Waals surface area contributed by atoms with Gasteiger partial charge in [0.15, 0.2) is 0 Å². The highest BCUT2D eigenvalue weighted by Crippen LogP contribution is 2.38. The summed E-state index contributed by atoms with van der Waals surface area (Å²) in [6.45, 7) is 2.39. The summed E-state index contributed by atoms with van der Waals surface area (Å²) in [5, 5.41) is 9.11. The zero-order valence-corrected chi connectivity index (χ0v) is 19.4. The average Bonchev–Trinajstić information content (AvgIpc) is 3.20. The molecule has 178 valence electrons. The Morgan fingerprint density at radius 3 is 2.67 bits per heavy atom. The number of nitrogens with zero attached hydrogens (tertiary/aromatic N) is 2. The molecule has 2 atom stereocenters. The van der Waals surface area contributed by atoms with Crippen LogP contribution in [0.3, 0.4) is 0 Å². The number of likely N-dealkylation sites (N-methyl/N-ethyl adjacent to an activating group) is 1. The SMILES string of the molecule is CN1C2(CCNCC2)C(NCc2ccc3c(c2)CN(C2CCC(=O)NC2=O)C3=O)CS1(=O)=O. The number of carbonyl (C=O) groups is 3. The molecule has 5 rings (SSSR count). The van der Waals surface area contributed by atoms with Crippen molar-refractivity contribution in [2.24, 2.45) is 0 Å². The second-order valence-electron chi connectivity index (χ2n) is 9.42. The predicted octanol–water partition coefficient (Wildman–Crippen LogP) is -0.697. The summed E-state index contributed by atoms with van der Waals surface area (Å²) in [6, 6.07) is 4.79. The van der Waals surface area contributed by atoms with Gasteiger partial charge >= 0.3 is 0 Å². The highest BCUT2D eigenvalue weighted by molar-refractivity contribution is 7.89. The Kier molecular flexibility index (Phi) is 5.55. The van der Waals surface area contributed by atoms with Crippen LogP contribution in [0.25, 0.3) is 0 Å². The summed E-state index contributed by atoms with van der Waals surface area (Å²) in [5.41, 5.74) is 1.96. The Morgan fingerprint density at radius 1 is 1.18 bits per heavy atom. The predicted molar refractivity (Wildman–Crippen MR) is 119 cm³/mol. The number of imide groups is 1. The molecule has 3 saturated heterocycles. The normalized spacial score (nSPS) is 28.9. The molecule has 4 aliphatic heterocycles. The first-order valence-electron chi connectivity index (χ1n) is 11.4. The van der Waals surface area contributed by atoms with Crippen molar-refractivity contribution in [3.8, 4) is 0 Å². The van der Waals surface area contributed by atoms with Crippen molar-refractivity contribution in [2.45, 2.75) is 56.4 Å². The third-order valence-electron chi connectivity index (χ3n) is 7.68. The van der Waals surface area contributed by atoms with E-state index in [0.29, 0.717) is 25.1 Å². The number of sulfonamides is 1. The third-order valence-corrected chi connectivity index (χ3v) is 9.63. The van der Waals surface area contributed by atoms with Gasteiger partial charge in [0.2, 0.25) is 21.8 Å². The van der Waals surface area contributed by atoms with E-state index >= 15 is 0 Å². The molecule has 1 aromatic rings. The molecule has 4 heterocycles. The van der Waals surface area contributed by atoms with E-state index < -0.39 is 27.5 Å². The van der Waals surface area contributed by atoms with Crippen molar-refractivity contribution in [3.05, 3.63) is 34.9 Å². The maximum absolute atomic E-state index is 12.9. The van der Waals surface area contributed by atoms with Crippen LogP contribution in [0.15, 0.2) is 18.2 Å². The highest BCUT2D eigenvalue weighted by Gasteiger charge is 2.54. The fourth-order valence-corrected chi connectivity index (χ4v) is 7.66. The van der Waals surface area contributed by atoms with Crippen LogP contribution >= 0.6 is 0 Å². The molecule has 4 aliphatic rings. The molecule has 0 bridgehead atoms. The lowest BCUT2D eigenvalue weighted by Crippen LogP contribution is -2.59. The Hall–Kier alpha value is -2.34. The van der Waals surface area contributed by atoms with E-state index in [4.69, 9.17) is 0 Å². The van der Waals surface area contributed by atoms with Gasteiger partial charge in [-0.05, 0) is 49.5 Å². The molecule has 0 aliphatic carbocycles. The quantitative estimate of drug-likeness (QED) is 0.492. The number of fused-ring (bicyclic) bond motifs is 1. The summed E-state index contributed by atoms with van der Waals surface area (Å²) in [5.74, 6) is -0.847. The van der Waals surface area contributed by atoms with Crippen LogP contribution in [0.2, 0.25) is 0 Å². The number of carbonyl (C=O) groups excluding carboxylic acids is 3. The van der Waals surface area contributed by atoms with E-state index in [1.54, 1.807) is 17.4 Å². The molecule has 0 radical (unpaired) electrons. The topological polar surface area (TPSA) is 128 Å². The van der Waals surface area contributed by atoms with Crippen LogP contribution in [-0.2, 0) is 32.7 Å². The van der Waals surface area contributed by atoms with E-state index in [1.165, 1.54) is 4.90 Å². The molecule has 1 spiro atoms. The molecule has 1 aromatic carbocycles. The van der Waals surface area contributed by atoms with Gasteiger partial charge in [-0.1, -0.05) is 12.1 Å². The molecule has 2 unspecified atom stereocenters. The van der Waals surface area contributed by atoms with Gasteiger partial charge in [0.25, 0.3) is 5.91 Å². The first-order valence-corrected chi connectivity index (χ1v) is 13.0. The molecule has 3 N–H and O–H groups in total. The van der Waals surface area contributed by atoms with Crippen molar-refractivity contribution < 1.29 is 22.8 Å². The number of nitrogens with one attached hydrogen (secondary N) is 3. The van der Waals surface area contributed by atoms with Crippen molar-refractivity contribution in [1.82, 2.24) is 25.2 Å². The molecule has 3 amide bonds. The van der Waals surface area contributed by atoms with E-state index in [2.05, 4.69) is 16.0 Å². The number of hydrogen-bond donors (Lipinski definition) is 3. The lowest BCUT2D eigenvalue weighted by molar-refractivity contribution is -0.136. The minimum absolute atomic E-state index is 0.0796. The fraction of sp³-hybridized carbons (Fsp3) is 0.591. The Bertz CT molecular complexity index is 1110.